The second-order valence-electron chi connectivity index (χ2n) is 6.48. The molecule has 2 bridgehead atoms. The summed E-state index contributed by atoms with van der Waals surface area (Å²) < 4.78 is 1.55. The number of piperidine rings is 1. The highest BCUT2D eigenvalue weighted by atomic mass is 16.2. The smallest absolute Gasteiger partial charge is 0.244 e. The summed E-state index contributed by atoms with van der Waals surface area (Å²) in [6.45, 7) is 4.46. The van der Waals surface area contributed by atoms with Crippen LogP contribution in [0.25, 0.3) is 0 Å². The fourth-order valence-corrected chi connectivity index (χ4v) is 3.62. The van der Waals surface area contributed by atoms with Crippen LogP contribution in [0.4, 0.5) is 5.95 Å². The highest BCUT2D eigenvalue weighted by Crippen LogP contribution is 2.29. The molecular formula is C15H20N8O. The number of amides is 1. The lowest BCUT2D eigenvalue weighted by Gasteiger charge is -2.36. The minimum Gasteiger partial charge on any atom is -0.338 e. The molecule has 0 saturated carbocycles. The SMILES string of the molecule is Cc1nnnn1CC(=O)N1C[C@H]2CC[C@@H]1CN(c1ncccn1)C2. The summed E-state index contributed by atoms with van der Waals surface area (Å²) in [4.78, 5) is 25.7. The number of nitrogens with zero attached hydrogens (tertiary/aromatic N) is 8. The van der Waals surface area contributed by atoms with Crippen molar-refractivity contribution in [2.24, 2.45) is 5.92 Å². The van der Waals surface area contributed by atoms with E-state index in [1.807, 2.05) is 11.0 Å². The Kier molecular flexibility index (Phi) is 3.83. The Morgan fingerprint density at radius 2 is 2.04 bits per heavy atom. The number of aromatic nitrogens is 6. The number of hydrogen-bond donors (Lipinski definition) is 0. The molecule has 0 aromatic carbocycles. The van der Waals surface area contributed by atoms with Gasteiger partial charge < -0.3 is 9.80 Å². The number of fused-ring (bicyclic) bond motifs is 4. The molecule has 3 aliphatic rings. The maximum Gasteiger partial charge on any atom is 0.244 e. The standard InChI is InChI=1S/C15H20N8O/c1-11-18-19-20-23(11)10-14(24)22-8-12-3-4-13(22)9-21(7-12)15-16-5-2-6-17-15/h2,5-6,12-13H,3-4,7-10H2,1H3/t12-,13+/m0/s1. The highest BCUT2D eigenvalue weighted by Gasteiger charge is 2.37. The van der Waals surface area contributed by atoms with Crippen LogP contribution in [-0.4, -0.2) is 66.7 Å². The molecule has 3 aliphatic heterocycles. The Labute approximate surface area is 139 Å². The van der Waals surface area contributed by atoms with Gasteiger partial charge in [-0.15, -0.1) is 5.10 Å². The molecule has 3 saturated heterocycles. The summed E-state index contributed by atoms with van der Waals surface area (Å²) in [6.07, 6.45) is 5.69. The molecule has 126 valence electrons. The third kappa shape index (κ3) is 2.81. The Morgan fingerprint density at radius 3 is 2.79 bits per heavy atom. The largest absolute Gasteiger partial charge is 0.338 e. The molecular weight excluding hydrogens is 308 g/mol. The van der Waals surface area contributed by atoms with Crippen LogP contribution in [0.1, 0.15) is 18.7 Å². The van der Waals surface area contributed by atoms with E-state index < -0.39 is 0 Å². The van der Waals surface area contributed by atoms with Crippen LogP contribution >= 0.6 is 0 Å². The van der Waals surface area contributed by atoms with Crippen LogP contribution in [0, 0.1) is 12.8 Å². The van der Waals surface area contributed by atoms with Gasteiger partial charge in [-0.3, -0.25) is 4.79 Å². The van der Waals surface area contributed by atoms with Crippen molar-refractivity contribution in [1.82, 2.24) is 35.1 Å². The van der Waals surface area contributed by atoms with Crippen molar-refractivity contribution in [3.8, 4) is 0 Å². The maximum absolute atomic E-state index is 12.8. The van der Waals surface area contributed by atoms with Crippen LogP contribution < -0.4 is 4.90 Å². The fraction of sp³-hybridized carbons (Fsp3) is 0.600. The van der Waals surface area contributed by atoms with Gasteiger partial charge in [0.2, 0.25) is 11.9 Å². The lowest BCUT2D eigenvalue weighted by atomic mass is 9.95. The second-order valence-corrected chi connectivity index (χ2v) is 6.48. The lowest BCUT2D eigenvalue weighted by molar-refractivity contribution is -0.136. The summed E-state index contributed by atoms with van der Waals surface area (Å²) in [5, 5.41) is 11.3. The highest BCUT2D eigenvalue weighted by molar-refractivity contribution is 5.76. The first-order valence-electron chi connectivity index (χ1n) is 8.25. The predicted molar refractivity (Wildman–Crippen MR) is 85.0 cm³/mol. The van der Waals surface area contributed by atoms with Gasteiger partial charge >= 0.3 is 0 Å². The summed E-state index contributed by atoms with van der Waals surface area (Å²) in [6, 6.07) is 2.01. The van der Waals surface area contributed by atoms with E-state index in [9.17, 15) is 4.79 Å². The molecule has 5 heterocycles. The number of carbonyl (C=O) groups excluding carboxylic acids is 1. The normalized spacial score (nSPS) is 23.4. The summed E-state index contributed by atoms with van der Waals surface area (Å²) in [5.41, 5.74) is 0. The van der Waals surface area contributed by atoms with Crippen molar-refractivity contribution < 1.29 is 4.79 Å². The molecule has 0 unspecified atom stereocenters. The molecule has 3 fully saturated rings. The molecule has 1 amide bonds. The molecule has 0 radical (unpaired) electrons. The van der Waals surface area contributed by atoms with Crippen molar-refractivity contribution >= 4 is 11.9 Å². The van der Waals surface area contributed by atoms with Crippen molar-refractivity contribution in [3.05, 3.63) is 24.3 Å². The number of aryl methyl sites for hydroxylation is 1. The first-order chi connectivity index (χ1) is 11.7. The Morgan fingerprint density at radius 1 is 1.21 bits per heavy atom. The van der Waals surface area contributed by atoms with E-state index in [1.165, 1.54) is 0 Å². The summed E-state index contributed by atoms with van der Waals surface area (Å²) >= 11 is 0. The Balaban J connectivity index is 1.50. The average molecular weight is 328 g/mol. The van der Waals surface area contributed by atoms with Crippen LogP contribution in [0.3, 0.4) is 0 Å². The molecule has 9 heteroatoms. The number of carbonyl (C=O) groups is 1. The lowest BCUT2D eigenvalue weighted by Crippen LogP contribution is -2.48. The van der Waals surface area contributed by atoms with Crippen LogP contribution in [0.2, 0.25) is 0 Å². The monoisotopic (exact) mass is 328 g/mol. The van der Waals surface area contributed by atoms with Gasteiger partial charge in [-0.1, -0.05) is 0 Å². The van der Waals surface area contributed by atoms with Gasteiger partial charge in [0.1, 0.15) is 12.4 Å². The zero-order chi connectivity index (χ0) is 16.5. The van der Waals surface area contributed by atoms with Gasteiger partial charge in [0.25, 0.3) is 0 Å². The van der Waals surface area contributed by atoms with Gasteiger partial charge in [0, 0.05) is 38.1 Å². The van der Waals surface area contributed by atoms with Crippen molar-refractivity contribution in [2.75, 3.05) is 24.5 Å². The average Bonchev–Trinajstić information content (AvgIpc) is 2.83. The molecule has 0 spiro atoms. The van der Waals surface area contributed by atoms with E-state index in [0.29, 0.717) is 11.7 Å². The van der Waals surface area contributed by atoms with E-state index in [2.05, 4.69) is 30.4 Å². The number of rotatable bonds is 3. The molecule has 0 aliphatic carbocycles. The maximum atomic E-state index is 12.8. The topological polar surface area (TPSA) is 92.9 Å². The molecule has 9 nitrogen and oxygen atoms in total. The van der Waals surface area contributed by atoms with Crippen molar-refractivity contribution in [2.45, 2.75) is 32.4 Å². The molecule has 2 aromatic heterocycles. The quantitative estimate of drug-likeness (QED) is 0.776. The molecule has 2 aromatic rings. The van der Waals surface area contributed by atoms with Crippen LogP contribution in [0.5, 0.6) is 0 Å². The van der Waals surface area contributed by atoms with E-state index >= 15 is 0 Å². The van der Waals surface area contributed by atoms with Crippen molar-refractivity contribution in [1.29, 1.82) is 0 Å². The zero-order valence-electron chi connectivity index (χ0n) is 13.6. The molecule has 24 heavy (non-hydrogen) atoms. The van der Waals surface area contributed by atoms with E-state index in [1.54, 1.807) is 24.0 Å². The third-order valence-corrected chi connectivity index (χ3v) is 4.86. The third-order valence-electron chi connectivity index (χ3n) is 4.86. The van der Waals surface area contributed by atoms with Gasteiger partial charge in [0.15, 0.2) is 0 Å². The number of anilines is 1. The Bertz CT molecular complexity index is 717. The van der Waals surface area contributed by atoms with Gasteiger partial charge in [0.05, 0.1) is 0 Å². The minimum absolute atomic E-state index is 0.0796. The van der Waals surface area contributed by atoms with E-state index in [4.69, 9.17) is 0 Å². The van der Waals surface area contributed by atoms with Gasteiger partial charge in [-0.05, 0) is 42.2 Å². The van der Waals surface area contributed by atoms with Crippen LogP contribution in [0.15, 0.2) is 18.5 Å². The number of tetrazole rings is 1. The van der Waals surface area contributed by atoms with Crippen LogP contribution in [-0.2, 0) is 11.3 Å². The zero-order valence-corrected chi connectivity index (χ0v) is 13.6. The van der Waals surface area contributed by atoms with Gasteiger partial charge in [-0.2, -0.15) is 0 Å². The first-order valence-corrected chi connectivity index (χ1v) is 8.25. The molecule has 0 N–H and O–H groups in total. The minimum atomic E-state index is 0.0796. The van der Waals surface area contributed by atoms with Gasteiger partial charge in [-0.25, -0.2) is 14.6 Å². The summed E-state index contributed by atoms with van der Waals surface area (Å²) in [7, 11) is 0. The van der Waals surface area contributed by atoms with E-state index in [0.717, 1.165) is 38.4 Å². The van der Waals surface area contributed by atoms with E-state index in [-0.39, 0.29) is 18.5 Å². The molecule has 5 rings (SSSR count). The fourth-order valence-electron chi connectivity index (χ4n) is 3.62. The summed E-state index contributed by atoms with van der Waals surface area (Å²) in [5.74, 6) is 1.94. The first kappa shape index (κ1) is 15.0. The molecule has 2 atom stereocenters. The predicted octanol–water partition coefficient (Wildman–Crippen LogP) is -0.101. The van der Waals surface area contributed by atoms with Crippen molar-refractivity contribution in [3.63, 3.8) is 0 Å². The second kappa shape index (κ2) is 6.14. The number of hydrogen-bond acceptors (Lipinski definition) is 7. The Hall–Kier alpha value is -2.58.